The molecule has 2 rings (SSSR count). The predicted octanol–water partition coefficient (Wildman–Crippen LogP) is 5.72. The Labute approximate surface area is 180 Å². The van der Waals surface area contributed by atoms with Crippen LogP contribution in [-0.4, -0.2) is 33.1 Å². The van der Waals surface area contributed by atoms with E-state index in [2.05, 4.69) is 25.9 Å². The van der Waals surface area contributed by atoms with Gasteiger partial charge in [0.1, 0.15) is 31.0 Å². The fourth-order valence-corrected chi connectivity index (χ4v) is 2.94. The van der Waals surface area contributed by atoms with Gasteiger partial charge in [0.15, 0.2) is 0 Å². The van der Waals surface area contributed by atoms with Crippen molar-refractivity contribution < 1.29 is 19.0 Å². The van der Waals surface area contributed by atoms with Crippen LogP contribution >= 0.6 is 0 Å². The van der Waals surface area contributed by atoms with Gasteiger partial charge in [0.25, 0.3) is 0 Å². The van der Waals surface area contributed by atoms with Crippen molar-refractivity contribution in [2.75, 3.05) is 26.9 Å². The molecule has 0 aliphatic heterocycles. The third-order valence-corrected chi connectivity index (χ3v) is 4.57. The molecule has 0 spiro atoms. The summed E-state index contributed by atoms with van der Waals surface area (Å²) >= 11 is 0. The van der Waals surface area contributed by atoms with Crippen LogP contribution in [0.15, 0.2) is 53.7 Å². The maximum Gasteiger partial charge on any atom is 0.125 e. The molecule has 5 heteroatoms. The number of allylic oxidation sites excluding steroid dienone is 1. The molecule has 0 heterocycles. The molecule has 2 aromatic carbocycles. The highest BCUT2D eigenvalue weighted by molar-refractivity contribution is 5.79. The number of benzene rings is 2. The van der Waals surface area contributed by atoms with E-state index in [1.807, 2.05) is 55.5 Å². The Morgan fingerprint density at radius 1 is 1.00 bits per heavy atom. The summed E-state index contributed by atoms with van der Waals surface area (Å²) in [5, 5.41) is 3.78. The van der Waals surface area contributed by atoms with E-state index in [0.717, 1.165) is 40.4 Å². The largest absolute Gasteiger partial charge is 0.493 e. The quantitative estimate of drug-likeness (QED) is 0.254. The van der Waals surface area contributed by atoms with E-state index in [9.17, 15) is 0 Å². The Morgan fingerprint density at radius 2 is 1.77 bits per heavy atom. The van der Waals surface area contributed by atoms with Gasteiger partial charge in [-0.05, 0) is 74.1 Å². The summed E-state index contributed by atoms with van der Waals surface area (Å²) in [4.78, 5) is 4.71. The van der Waals surface area contributed by atoms with Gasteiger partial charge in [-0.1, -0.05) is 36.4 Å². The van der Waals surface area contributed by atoms with E-state index >= 15 is 0 Å². The van der Waals surface area contributed by atoms with Crippen LogP contribution in [0.3, 0.4) is 0 Å². The first-order valence-corrected chi connectivity index (χ1v) is 10.3. The molecule has 1 unspecified atom stereocenters. The van der Waals surface area contributed by atoms with Crippen molar-refractivity contribution in [2.45, 2.75) is 34.1 Å². The Kier molecular flexibility index (Phi) is 9.78. The minimum absolute atomic E-state index is 0.366. The fraction of sp³-hybridized carbons (Fsp3) is 0.400. The van der Waals surface area contributed by atoms with E-state index in [-0.39, 0.29) is 0 Å². The second-order valence-electron chi connectivity index (χ2n) is 7.31. The first kappa shape index (κ1) is 23.3. The highest BCUT2D eigenvalue weighted by Gasteiger charge is 2.09. The lowest BCUT2D eigenvalue weighted by Crippen LogP contribution is -2.13. The molecule has 0 saturated carbocycles. The molecule has 1 atom stereocenters. The van der Waals surface area contributed by atoms with E-state index in [1.165, 1.54) is 7.11 Å². The maximum absolute atomic E-state index is 6.08. The fourth-order valence-electron chi connectivity index (χ4n) is 2.94. The highest BCUT2D eigenvalue weighted by atomic mass is 16.6. The SMILES string of the molecule is C/C=C/COc1cc(C)c(OCCC(C)COc2cccc(/C=N/OC)c2)c(C)c1. The van der Waals surface area contributed by atoms with Crippen molar-refractivity contribution in [3.8, 4) is 17.2 Å². The van der Waals surface area contributed by atoms with Crippen LogP contribution < -0.4 is 14.2 Å². The highest BCUT2D eigenvalue weighted by Crippen LogP contribution is 2.29. The third kappa shape index (κ3) is 7.82. The second-order valence-corrected chi connectivity index (χ2v) is 7.31. The van der Waals surface area contributed by atoms with Crippen LogP contribution in [0.2, 0.25) is 0 Å². The minimum Gasteiger partial charge on any atom is -0.493 e. The van der Waals surface area contributed by atoms with Crippen molar-refractivity contribution in [3.63, 3.8) is 0 Å². The molecule has 0 aromatic heterocycles. The number of ether oxygens (including phenoxy) is 3. The summed E-state index contributed by atoms with van der Waals surface area (Å²) < 4.78 is 17.7. The monoisotopic (exact) mass is 411 g/mol. The lowest BCUT2D eigenvalue weighted by molar-refractivity contribution is 0.215. The Balaban J connectivity index is 1.80. The predicted molar refractivity (Wildman–Crippen MR) is 122 cm³/mol. The molecule has 0 radical (unpaired) electrons. The summed E-state index contributed by atoms with van der Waals surface area (Å²) in [7, 11) is 1.52. The van der Waals surface area contributed by atoms with Gasteiger partial charge in [0.2, 0.25) is 0 Å². The molecular weight excluding hydrogens is 378 g/mol. The lowest BCUT2D eigenvalue weighted by atomic mass is 10.1. The van der Waals surface area contributed by atoms with Crippen LogP contribution in [0.1, 0.15) is 37.0 Å². The topological polar surface area (TPSA) is 49.3 Å². The van der Waals surface area contributed by atoms with E-state index in [0.29, 0.717) is 25.7 Å². The number of hydrogen-bond donors (Lipinski definition) is 0. The molecule has 2 aromatic rings. The number of aryl methyl sites for hydroxylation is 2. The average molecular weight is 412 g/mol. The average Bonchev–Trinajstić information content (AvgIpc) is 2.73. The van der Waals surface area contributed by atoms with Gasteiger partial charge in [-0.2, -0.15) is 0 Å². The molecule has 0 aliphatic carbocycles. The van der Waals surface area contributed by atoms with Gasteiger partial charge < -0.3 is 19.0 Å². The van der Waals surface area contributed by atoms with E-state index in [4.69, 9.17) is 19.0 Å². The first-order chi connectivity index (χ1) is 14.5. The molecule has 30 heavy (non-hydrogen) atoms. The number of rotatable bonds is 12. The summed E-state index contributed by atoms with van der Waals surface area (Å²) in [6.45, 7) is 10.1. The molecular formula is C25H33NO4. The summed E-state index contributed by atoms with van der Waals surface area (Å²) in [5.41, 5.74) is 3.11. The summed E-state index contributed by atoms with van der Waals surface area (Å²) in [5.74, 6) is 3.00. The zero-order valence-corrected chi connectivity index (χ0v) is 18.7. The van der Waals surface area contributed by atoms with Crippen molar-refractivity contribution in [1.82, 2.24) is 0 Å². The van der Waals surface area contributed by atoms with Crippen molar-refractivity contribution in [2.24, 2.45) is 11.1 Å². The zero-order chi connectivity index (χ0) is 21.8. The van der Waals surface area contributed by atoms with Gasteiger partial charge in [0.05, 0.1) is 19.4 Å². The molecule has 0 aliphatic rings. The molecule has 0 bridgehead atoms. The number of hydrogen-bond acceptors (Lipinski definition) is 5. The van der Waals surface area contributed by atoms with Crippen molar-refractivity contribution in [1.29, 1.82) is 0 Å². The van der Waals surface area contributed by atoms with Crippen LogP contribution in [0.4, 0.5) is 0 Å². The lowest BCUT2D eigenvalue weighted by Gasteiger charge is -2.17. The molecule has 0 fully saturated rings. The van der Waals surface area contributed by atoms with Gasteiger partial charge in [-0.15, -0.1) is 0 Å². The molecule has 162 valence electrons. The smallest absolute Gasteiger partial charge is 0.125 e. The van der Waals surface area contributed by atoms with Crippen LogP contribution in [0, 0.1) is 19.8 Å². The van der Waals surface area contributed by atoms with E-state index < -0.39 is 0 Å². The van der Waals surface area contributed by atoms with Crippen LogP contribution in [0.25, 0.3) is 0 Å². The van der Waals surface area contributed by atoms with E-state index in [1.54, 1.807) is 6.21 Å². The normalized spacial score (nSPS) is 12.3. The van der Waals surface area contributed by atoms with Gasteiger partial charge in [-0.3, -0.25) is 0 Å². The van der Waals surface area contributed by atoms with Crippen molar-refractivity contribution in [3.05, 3.63) is 65.2 Å². The Bertz CT molecular complexity index is 822. The zero-order valence-electron chi connectivity index (χ0n) is 18.7. The third-order valence-electron chi connectivity index (χ3n) is 4.57. The number of oxime groups is 1. The second kappa shape index (κ2) is 12.6. The molecule has 5 nitrogen and oxygen atoms in total. The number of nitrogens with zero attached hydrogens (tertiary/aromatic N) is 1. The standard InChI is InChI=1S/C25H33NO4/c1-6-7-12-28-24-14-20(3)25(21(4)15-24)29-13-11-19(2)18-30-23-10-8-9-22(16-23)17-26-27-5/h6-10,14-17,19H,11-13,18H2,1-5H3/b7-6+,26-17+. The summed E-state index contributed by atoms with van der Waals surface area (Å²) in [6, 6.07) is 11.8. The van der Waals surface area contributed by atoms with Crippen LogP contribution in [0.5, 0.6) is 17.2 Å². The first-order valence-electron chi connectivity index (χ1n) is 10.3. The Hall–Kier alpha value is -2.95. The Morgan fingerprint density at radius 3 is 2.47 bits per heavy atom. The van der Waals surface area contributed by atoms with Gasteiger partial charge in [-0.25, -0.2) is 0 Å². The minimum atomic E-state index is 0.366. The van der Waals surface area contributed by atoms with Crippen LogP contribution in [-0.2, 0) is 4.84 Å². The summed E-state index contributed by atoms with van der Waals surface area (Å²) in [6.07, 6.45) is 6.53. The molecule has 0 saturated heterocycles. The van der Waals surface area contributed by atoms with Gasteiger partial charge >= 0.3 is 0 Å². The van der Waals surface area contributed by atoms with Crippen molar-refractivity contribution >= 4 is 6.21 Å². The van der Waals surface area contributed by atoms with Gasteiger partial charge in [0, 0.05) is 0 Å². The molecule has 0 N–H and O–H groups in total. The maximum atomic E-state index is 6.08. The molecule has 0 amide bonds.